The van der Waals surface area contributed by atoms with Crippen LogP contribution in [0.1, 0.15) is 11.3 Å². The van der Waals surface area contributed by atoms with Gasteiger partial charge in [0.25, 0.3) is 0 Å². The minimum Gasteiger partial charge on any atom is -0.357 e. The Morgan fingerprint density at radius 1 is 0.963 bits per heavy atom. The number of nitrogens with zero attached hydrogens (tertiary/aromatic N) is 2. The van der Waals surface area contributed by atoms with Crippen molar-refractivity contribution in [2.45, 2.75) is 6.92 Å². The molecule has 4 heterocycles. The molecule has 0 unspecified atom stereocenters. The summed E-state index contributed by atoms with van der Waals surface area (Å²) >= 11 is 0. The topological polar surface area (TPSA) is 57.4 Å². The van der Waals surface area contributed by atoms with E-state index in [1.807, 2.05) is 24.5 Å². The fraction of sp³-hybridized carbons (Fsp3) is 0.0435. The highest BCUT2D eigenvalue weighted by Crippen LogP contribution is 2.32. The second-order valence-corrected chi connectivity index (χ2v) is 6.63. The molecule has 0 atom stereocenters. The van der Waals surface area contributed by atoms with Crippen LogP contribution in [0.4, 0.5) is 0 Å². The Kier molecular flexibility index (Phi) is 3.44. The van der Waals surface area contributed by atoms with Crippen LogP contribution in [0, 0.1) is 6.92 Å². The van der Waals surface area contributed by atoms with Crippen LogP contribution in [-0.4, -0.2) is 19.9 Å². The molecule has 0 saturated carbocycles. The van der Waals surface area contributed by atoms with E-state index >= 15 is 0 Å². The minimum atomic E-state index is 0.854. The first-order valence-corrected chi connectivity index (χ1v) is 8.89. The summed E-state index contributed by atoms with van der Waals surface area (Å²) in [6.07, 6.45) is 9.54. The molecule has 1 aromatic carbocycles. The summed E-state index contributed by atoms with van der Waals surface area (Å²) in [5.74, 6) is 0. The van der Waals surface area contributed by atoms with Crippen LogP contribution in [-0.2, 0) is 0 Å². The first-order valence-electron chi connectivity index (χ1n) is 8.89. The van der Waals surface area contributed by atoms with Crippen molar-refractivity contribution in [3.63, 3.8) is 0 Å². The third-order valence-corrected chi connectivity index (χ3v) is 4.99. The Morgan fingerprint density at radius 2 is 1.85 bits per heavy atom. The number of hydrogen-bond donors (Lipinski definition) is 2. The highest BCUT2D eigenvalue weighted by atomic mass is 14.8. The van der Waals surface area contributed by atoms with Crippen molar-refractivity contribution in [3.8, 4) is 11.4 Å². The van der Waals surface area contributed by atoms with Crippen molar-refractivity contribution in [1.29, 1.82) is 0 Å². The Hall–Kier alpha value is -3.66. The molecule has 0 radical (unpaired) electrons. The molecule has 0 aliphatic carbocycles. The lowest BCUT2D eigenvalue weighted by Gasteiger charge is -2.03. The summed E-state index contributed by atoms with van der Waals surface area (Å²) in [7, 11) is 0. The van der Waals surface area contributed by atoms with Crippen LogP contribution in [0.5, 0.6) is 0 Å². The Bertz CT molecular complexity index is 1350. The number of rotatable bonds is 3. The molecule has 130 valence electrons. The first-order chi connectivity index (χ1) is 13.3. The zero-order valence-corrected chi connectivity index (χ0v) is 15.0. The SMILES string of the molecule is C=C/C=C\c1c(C)[nH]c2cnc(-c3nccc4c3[nH]c3ccccc34)cc12. The first kappa shape index (κ1) is 15.6. The number of H-pyrrole nitrogens is 2. The molecule has 0 aliphatic rings. The molecule has 4 nitrogen and oxygen atoms in total. The zero-order chi connectivity index (χ0) is 18.4. The summed E-state index contributed by atoms with van der Waals surface area (Å²) in [4.78, 5) is 16.2. The number of benzene rings is 1. The summed E-state index contributed by atoms with van der Waals surface area (Å²) < 4.78 is 0. The standard InChI is InChI=1S/C23H18N4/c1-3-4-7-15-14(2)26-21-13-25-20(12-18(15)21)23-22-17(10-11-24-23)16-8-5-6-9-19(16)27-22/h3-13,26-27H,1H2,2H3/b7-4-. The van der Waals surface area contributed by atoms with Gasteiger partial charge < -0.3 is 9.97 Å². The number of allylic oxidation sites excluding steroid dienone is 2. The van der Waals surface area contributed by atoms with Crippen LogP contribution < -0.4 is 0 Å². The fourth-order valence-corrected chi connectivity index (χ4v) is 3.73. The molecule has 27 heavy (non-hydrogen) atoms. The van der Waals surface area contributed by atoms with Crippen LogP contribution in [0.15, 0.2) is 67.5 Å². The molecule has 5 rings (SSSR count). The quantitative estimate of drug-likeness (QED) is 0.406. The highest BCUT2D eigenvalue weighted by Gasteiger charge is 2.14. The second kappa shape index (κ2) is 5.95. The predicted molar refractivity (Wildman–Crippen MR) is 113 cm³/mol. The maximum Gasteiger partial charge on any atom is 0.113 e. The molecule has 2 N–H and O–H groups in total. The molecule has 4 aromatic heterocycles. The van der Waals surface area contributed by atoms with Crippen molar-refractivity contribution in [2.75, 3.05) is 0 Å². The van der Waals surface area contributed by atoms with Crippen LogP contribution >= 0.6 is 0 Å². The minimum absolute atomic E-state index is 0.854. The van der Waals surface area contributed by atoms with Crippen molar-refractivity contribution in [1.82, 2.24) is 19.9 Å². The van der Waals surface area contributed by atoms with Gasteiger partial charge in [0.05, 0.1) is 22.9 Å². The van der Waals surface area contributed by atoms with Crippen molar-refractivity contribution in [3.05, 3.63) is 78.8 Å². The molecule has 0 spiro atoms. The fourth-order valence-electron chi connectivity index (χ4n) is 3.73. The maximum absolute atomic E-state index is 4.67. The van der Waals surface area contributed by atoms with Gasteiger partial charge in [-0.3, -0.25) is 9.97 Å². The lowest BCUT2D eigenvalue weighted by Crippen LogP contribution is -1.89. The van der Waals surface area contributed by atoms with Crippen molar-refractivity contribution in [2.24, 2.45) is 0 Å². The third-order valence-electron chi connectivity index (χ3n) is 4.99. The van der Waals surface area contributed by atoms with E-state index in [4.69, 9.17) is 0 Å². The van der Waals surface area contributed by atoms with E-state index in [9.17, 15) is 0 Å². The van der Waals surface area contributed by atoms with Gasteiger partial charge in [-0.05, 0) is 25.1 Å². The smallest absolute Gasteiger partial charge is 0.113 e. The van der Waals surface area contributed by atoms with E-state index in [0.29, 0.717) is 0 Å². The van der Waals surface area contributed by atoms with E-state index in [1.165, 1.54) is 5.39 Å². The molecule has 4 heteroatoms. The van der Waals surface area contributed by atoms with Gasteiger partial charge in [0.15, 0.2) is 0 Å². The summed E-state index contributed by atoms with van der Waals surface area (Å²) in [5.41, 5.74) is 7.12. The van der Waals surface area contributed by atoms with Gasteiger partial charge >= 0.3 is 0 Å². The van der Waals surface area contributed by atoms with Crippen LogP contribution in [0.3, 0.4) is 0 Å². The predicted octanol–water partition coefficient (Wildman–Crippen LogP) is 5.77. The molecule has 0 aliphatic heterocycles. The summed E-state index contributed by atoms with van der Waals surface area (Å²) in [5, 5.41) is 3.49. The van der Waals surface area contributed by atoms with Crippen molar-refractivity contribution >= 4 is 38.8 Å². The normalized spacial score (nSPS) is 11.9. The zero-order valence-electron chi connectivity index (χ0n) is 15.0. The average Bonchev–Trinajstić information content (AvgIpc) is 3.22. The lowest BCUT2D eigenvalue weighted by atomic mass is 10.1. The van der Waals surface area contributed by atoms with Gasteiger partial charge in [-0.1, -0.05) is 43.0 Å². The molecule has 0 fully saturated rings. The van der Waals surface area contributed by atoms with E-state index in [0.717, 1.165) is 50.0 Å². The summed E-state index contributed by atoms with van der Waals surface area (Å²) in [6, 6.07) is 12.5. The van der Waals surface area contributed by atoms with E-state index in [1.54, 1.807) is 6.08 Å². The number of para-hydroxylation sites is 1. The van der Waals surface area contributed by atoms with Gasteiger partial charge in [-0.2, -0.15) is 0 Å². The Morgan fingerprint density at radius 3 is 2.74 bits per heavy atom. The summed E-state index contributed by atoms with van der Waals surface area (Å²) in [6.45, 7) is 5.83. The largest absolute Gasteiger partial charge is 0.357 e. The average molecular weight is 350 g/mol. The molecular formula is C23H18N4. The van der Waals surface area contributed by atoms with E-state index < -0.39 is 0 Å². The Balaban J connectivity index is 1.78. The number of aromatic amines is 2. The number of pyridine rings is 2. The lowest BCUT2D eigenvalue weighted by molar-refractivity contribution is 1.25. The number of nitrogens with one attached hydrogen (secondary N) is 2. The maximum atomic E-state index is 4.67. The number of aryl methyl sites for hydroxylation is 1. The molecular weight excluding hydrogens is 332 g/mol. The molecule has 0 saturated heterocycles. The van der Waals surface area contributed by atoms with Crippen LogP contribution in [0.25, 0.3) is 50.2 Å². The molecule has 5 aromatic rings. The molecule has 0 amide bonds. The van der Waals surface area contributed by atoms with E-state index in [-0.39, 0.29) is 0 Å². The van der Waals surface area contributed by atoms with E-state index in [2.05, 4.69) is 69.8 Å². The number of hydrogen-bond acceptors (Lipinski definition) is 2. The second-order valence-electron chi connectivity index (χ2n) is 6.63. The monoisotopic (exact) mass is 350 g/mol. The Labute approximate surface area is 156 Å². The highest BCUT2D eigenvalue weighted by molar-refractivity contribution is 6.11. The van der Waals surface area contributed by atoms with Gasteiger partial charge in [0.2, 0.25) is 0 Å². The van der Waals surface area contributed by atoms with Crippen molar-refractivity contribution < 1.29 is 0 Å². The van der Waals surface area contributed by atoms with Gasteiger partial charge in [0, 0.05) is 39.1 Å². The van der Waals surface area contributed by atoms with Gasteiger partial charge in [-0.25, -0.2) is 0 Å². The van der Waals surface area contributed by atoms with Gasteiger partial charge in [0.1, 0.15) is 5.69 Å². The third kappa shape index (κ3) is 2.38. The molecule has 0 bridgehead atoms. The number of fused-ring (bicyclic) bond motifs is 4. The number of aromatic nitrogens is 4. The van der Waals surface area contributed by atoms with Gasteiger partial charge in [-0.15, -0.1) is 0 Å². The van der Waals surface area contributed by atoms with Crippen LogP contribution in [0.2, 0.25) is 0 Å².